The molecule has 1 N–H and O–H groups in total. The Bertz CT molecular complexity index is 302. The molecule has 0 saturated carbocycles. The molecule has 0 fully saturated rings. The van der Waals surface area contributed by atoms with Gasteiger partial charge in [-0.05, 0) is 18.6 Å². The molecule has 1 heterocycles. The third-order valence-electron chi connectivity index (χ3n) is 2.32. The lowest BCUT2D eigenvalue weighted by atomic mass is 10.1. The Morgan fingerprint density at radius 3 is 2.67 bits per heavy atom. The first kappa shape index (κ1) is 11.8. The fourth-order valence-corrected chi connectivity index (χ4v) is 1.53. The maximum Gasteiger partial charge on any atom is 0.311 e. The summed E-state index contributed by atoms with van der Waals surface area (Å²) in [4.78, 5) is 10.4. The lowest BCUT2D eigenvalue weighted by Gasteiger charge is -1.96. The number of hydrogen-bond acceptors (Lipinski definition) is 2. The number of aliphatic carboxylic acids is 1. The van der Waals surface area contributed by atoms with Crippen LogP contribution in [0.4, 0.5) is 0 Å². The predicted octanol–water partition coefficient (Wildman–Crippen LogP) is 3.03. The van der Waals surface area contributed by atoms with E-state index in [4.69, 9.17) is 9.52 Å². The molecule has 0 bridgehead atoms. The summed E-state index contributed by atoms with van der Waals surface area (Å²) in [5, 5.41) is 8.56. The lowest BCUT2D eigenvalue weighted by Crippen LogP contribution is -1.98. The molecule has 1 rings (SSSR count). The lowest BCUT2D eigenvalue weighted by molar-refractivity contribution is -0.136. The van der Waals surface area contributed by atoms with Crippen molar-refractivity contribution >= 4 is 5.97 Å². The maximum absolute atomic E-state index is 10.4. The van der Waals surface area contributed by atoms with Gasteiger partial charge in [0.15, 0.2) is 0 Å². The summed E-state index contributed by atoms with van der Waals surface area (Å²) < 4.78 is 5.39. The smallest absolute Gasteiger partial charge is 0.311 e. The molecular formula is C12H18O3. The molecule has 0 spiro atoms. The molecule has 1 aromatic rings. The van der Waals surface area contributed by atoms with Gasteiger partial charge in [-0.3, -0.25) is 4.79 Å². The van der Waals surface area contributed by atoms with E-state index in [1.54, 1.807) is 6.07 Å². The van der Waals surface area contributed by atoms with Crippen LogP contribution in [0, 0.1) is 0 Å². The van der Waals surface area contributed by atoms with Crippen LogP contribution < -0.4 is 0 Å². The van der Waals surface area contributed by atoms with Gasteiger partial charge < -0.3 is 9.52 Å². The molecule has 0 aliphatic rings. The highest BCUT2D eigenvalue weighted by Crippen LogP contribution is 2.12. The van der Waals surface area contributed by atoms with E-state index >= 15 is 0 Å². The van der Waals surface area contributed by atoms with E-state index in [2.05, 4.69) is 6.92 Å². The number of hydrogen-bond donors (Lipinski definition) is 1. The summed E-state index contributed by atoms with van der Waals surface area (Å²) in [6, 6.07) is 3.63. The molecule has 0 amide bonds. The first-order chi connectivity index (χ1) is 7.22. The van der Waals surface area contributed by atoms with Gasteiger partial charge in [0.05, 0.1) is 0 Å². The van der Waals surface area contributed by atoms with Gasteiger partial charge in [-0.15, -0.1) is 0 Å². The van der Waals surface area contributed by atoms with E-state index in [1.807, 2.05) is 6.07 Å². The standard InChI is InChI=1S/C12H18O3/c1-2-3-4-5-6-10-7-8-11(15-10)9-12(13)14/h7-8H,2-6,9H2,1H3,(H,13,14). The average molecular weight is 210 g/mol. The normalized spacial score (nSPS) is 10.5. The first-order valence-electron chi connectivity index (χ1n) is 5.51. The Kier molecular flexibility index (Phi) is 4.95. The highest BCUT2D eigenvalue weighted by molar-refractivity contribution is 5.69. The summed E-state index contributed by atoms with van der Waals surface area (Å²) in [5.74, 6) is 0.609. The molecule has 0 radical (unpaired) electrons. The Hall–Kier alpha value is -1.25. The van der Waals surface area contributed by atoms with E-state index in [1.165, 1.54) is 19.3 Å². The van der Waals surface area contributed by atoms with Crippen LogP contribution >= 0.6 is 0 Å². The van der Waals surface area contributed by atoms with Crippen molar-refractivity contribution in [2.75, 3.05) is 0 Å². The van der Waals surface area contributed by atoms with Crippen LogP contribution in [0.3, 0.4) is 0 Å². The monoisotopic (exact) mass is 210 g/mol. The van der Waals surface area contributed by atoms with Crippen LogP contribution in [0.25, 0.3) is 0 Å². The van der Waals surface area contributed by atoms with Gasteiger partial charge in [-0.2, -0.15) is 0 Å². The molecule has 0 unspecified atom stereocenters. The van der Waals surface area contributed by atoms with Gasteiger partial charge >= 0.3 is 5.97 Å². The second-order valence-electron chi connectivity index (χ2n) is 3.75. The van der Waals surface area contributed by atoms with Crippen molar-refractivity contribution in [3.8, 4) is 0 Å². The molecule has 0 aromatic carbocycles. The minimum absolute atomic E-state index is 0.0189. The van der Waals surface area contributed by atoms with Crippen LogP contribution in [0.2, 0.25) is 0 Å². The summed E-state index contributed by atoms with van der Waals surface area (Å²) in [6.45, 7) is 2.18. The molecule has 0 aliphatic carbocycles. The highest BCUT2D eigenvalue weighted by atomic mass is 16.4. The van der Waals surface area contributed by atoms with Crippen LogP contribution in [-0.2, 0) is 17.6 Å². The molecule has 0 saturated heterocycles. The molecule has 1 aromatic heterocycles. The third kappa shape index (κ3) is 4.68. The van der Waals surface area contributed by atoms with Crippen LogP contribution in [0.5, 0.6) is 0 Å². The van der Waals surface area contributed by atoms with Gasteiger partial charge in [-0.1, -0.05) is 26.2 Å². The second-order valence-corrected chi connectivity index (χ2v) is 3.75. The van der Waals surface area contributed by atoms with E-state index in [0.717, 1.165) is 18.6 Å². The van der Waals surface area contributed by atoms with Crippen molar-refractivity contribution < 1.29 is 14.3 Å². The number of aryl methyl sites for hydroxylation is 1. The Morgan fingerprint density at radius 2 is 2.00 bits per heavy atom. The summed E-state index contributed by atoms with van der Waals surface area (Å²) >= 11 is 0. The van der Waals surface area contributed by atoms with Crippen molar-refractivity contribution in [1.82, 2.24) is 0 Å². The van der Waals surface area contributed by atoms with Crippen LogP contribution in [-0.4, -0.2) is 11.1 Å². The summed E-state index contributed by atoms with van der Waals surface area (Å²) in [5.41, 5.74) is 0. The van der Waals surface area contributed by atoms with Gasteiger partial charge in [0.1, 0.15) is 17.9 Å². The number of furan rings is 1. The maximum atomic E-state index is 10.4. The zero-order valence-electron chi connectivity index (χ0n) is 9.16. The number of rotatable bonds is 7. The minimum Gasteiger partial charge on any atom is -0.481 e. The van der Waals surface area contributed by atoms with Gasteiger partial charge in [0.25, 0.3) is 0 Å². The minimum atomic E-state index is -0.845. The topological polar surface area (TPSA) is 50.4 Å². The van der Waals surface area contributed by atoms with E-state index in [9.17, 15) is 4.79 Å². The van der Waals surface area contributed by atoms with E-state index < -0.39 is 5.97 Å². The van der Waals surface area contributed by atoms with Crippen molar-refractivity contribution in [3.05, 3.63) is 23.7 Å². The predicted molar refractivity (Wildman–Crippen MR) is 57.9 cm³/mol. The Balaban J connectivity index is 2.29. The molecule has 0 atom stereocenters. The van der Waals surface area contributed by atoms with Crippen molar-refractivity contribution in [3.63, 3.8) is 0 Å². The van der Waals surface area contributed by atoms with Gasteiger partial charge in [-0.25, -0.2) is 0 Å². The Morgan fingerprint density at radius 1 is 1.27 bits per heavy atom. The molecule has 3 heteroatoms. The zero-order valence-corrected chi connectivity index (χ0v) is 9.16. The van der Waals surface area contributed by atoms with E-state index in [-0.39, 0.29) is 6.42 Å². The highest BCUT2D eigenvalue weighted by Gasteiger charge is 2.05. The molecule has 3 nitrogen and oxygen atoms in total. The van der Waals surface area contributed by atoms with Crippen molar-refractivity contribution in [1.29, 1.82) is 0 Å². The number of carbonyl (C=O) groups is 1. The number of carboxylic acids is 1. The Labute approximate surface area is 90.1 Å². The zero-order chi connectivity index (χ0) is 11.1. The first-order valence-corrected chi connectivity index (χ1v) is 5.51. The van der Waals surface area contributed by atoms with Crippen molar-refractivity contribution in [2.45, 2.75) is 45.4 Å². The molecule has 0 aliphatic heterocycles. The molecular weight excluding hydrogens is 192 g/mol. The second kappa shape index (κ2) is 6.27. The van der Waals surface area contributed by atoms with Gasteiger partial charge in [0, 0.05) is 6.42 Å². The fourth-order valence-electron chi connectivity index (χ4n) is 1.53. The molecule has 15 heavy (non-hydrogen) atoms. The largest absolute Gasteiger partial charge is 0.481 e. The number of unbranched alkanes of at least 4 members (excludes halogenated alkanes) is 3. The average Bonchev–Trinajstić information content (AvgIpc) is 2.59. The van der Waals surface area contributed by atoms with Crippen molar-refractivity contribution in [2.24, 2.45) is 0 Å². The SMILES string of the molecule is CCCCCCc1ccc(CC(=O)O)o1. The third-order valence-corrected chi connectivity index (χ3v) is 2.32. The number of carboxylic acid groups (broad SMARTS) is 1. The summed E-state index contributed by atoms with van der Waals surface area (Å²) in [6.07, 6.45) is 5.71. The fraction of sp³-hybridized carbons (Fsp3) is 0.583. The quantitative estimate of drug-likeness (QED) is 0.704. The van der Waals surface area contributed by atoms with Crippen LogP contribution in [0.1, 0.15) is 44.1 Å². The van der Waals surface area contributed by atoms with E-state index in [0.29, 0.717) is 5.76 Å². The van der Waals surface area contributed by atoms with Crippen LogP contribution in [0.15, 0.2) is 16.5 Å². The molecule has 84 valence electrons. The van der Waals surface area contributed by atoms with Gasteiger partial charge in [0.2, 0.25) is 0 Å². The summed E-state index contributed by atoms with van der Waals surface area (Å²) in [7, 11) is 0.